The Morgan fingerprint density at radius 2 is 1.85 bits per heavy atom. The van der Waals surface area contributed by atoms with E-state index in [9.17, 15) is 18.4 Å². The second-order valence-electron chi connectivity index (χ2n) is 5.24. The molecule has 0 radical (unpaired) electrons. The molecule has 0 aliphatic carbocycles. The molecule has 1 N–H and O–H groups in total. The zero-order valence-corrected chi connectivity index (χ0v) is 15.2. The summed E-state index contributed by atoms with van der Waals surface area (Å²) in [5, 5.41) is 2.82. The Hall–Kier alpha value is -2.12. The Balaban J connectivity index is 1.64. The lowest BCUT2D eigenvalue weighted by atomic mass is 10.3. The standard InChI is InChI=1S/C18H16ClF2NO3S/c19-12-3-6-14(7-4-12)26-9-1-2-18(24)25-11-17(23)22-16-10-13(20)5-8-15(16)21/h3-8,10H,1-2,9,11H2,(H,22,23). The lowest BCUT2D eigenvalue weighted by Gasteiger charge is -2.07. The summed E-state index contributed by atoms with van der Waals surface area (Å²) in [6, 6.07) is 10.0. The molecule has 2 rings (SSSR count). The van der Waals surface area contributed by atoms with Crippen LogP contribution in [0.25, 0.3) is 0 Å². The van der Waals surface area contributed by atoms with Gasteiger partial charge in [-0.1, -0.05) is 11.6 Å². The molecule has 0 fully saturated rings. The van der Waals surface area contributed by atoms with E-state index in [-0.39, 0.29) is 12.1 Å². The smallest absolute Gasteiger partial charge is 0.306 e. The fraction of sp³-hybridized carbons (Fsp3) is 0.222. The van der Waals surface area contributed by atoms with Crippen molar-refractivity contribution in [1.82, 2.24) is 0 Å². The Bertz CT molecular complexity index is 772. The summed E-state index contributed by atoms with van der Waals surface area (Å²) in [6.45, 7) is -0.556. The predicted molar refractivity (Wildman–Crippen MR) is 97.4 cm³/mol. The van der Waals surface area contributed by atoms with Gasteiger partial charge in [0.05, 0.1) is 5.69 Å². The van der Waals surface area contributed by atoms with Crippen LogP contribution >= 0.6 is 23.4 Å². The lowest BCUT2D eigenvalue weighted by molar-refractivity contribution is -0.147. The van der Waals surface area contributed by atoms with Crippen molar-refractivity contribution in [2.45, 2.75) is 17.7 Å². The van der Waals surface area contributed by atoms with E-state index in [0.717, 1.165) is 23.1 Å². The molecule has 0 bridgehead atoms. The van der Waals surface area contributed by atoms with Crippen molar-refractivity contribution in [2.24, 2.45) is 0 Å². The summed E-state index contributed by atoms with van der Waals surface area (Å²) in [7, 11) is 0. The third-order valence-electron chi connectivity index (χ3n) is 3.17. The monoisotopic (exact) mass is 399 g/mol. The number of thioether (sulfide) groups is 1. The fourth-order valence-electron chi connectivity index (χ4n) is 1.94. The van der Waals surface area contributed by atoms with Gasteiger partial charge in [-0.2, -0.15) is 0 Å². The number of nitrogens with one attached hydrogen (secondary N) is 1. The van der Waals surface area contributed by atoms with E-state index in [1.54, 1.807) is 23.9 Å². The topological polar surface area (TPSA) is 55.4 Å². The molecule has 0 aliphatic rings. The van der Waals surface area contributed by atoms with E-state index in [0.29, 0.717) is 17.2 Å². The minimum atomic E-state index is -0.773. The number of esters is 1. The summed E-state index contributed by atoms with van der Waals surface area (Å²) in [5.74, 6) is -2.02. The number of benzene rings is 2. The highest BCUT2D eigenvalue weighted by Gasteiger charge is 2.11. The van der Waals surface area contributed by atoms with Gasteiger partial charge in [0.2, 0.25) is 0 Å². The van der Waals surface area contributed by atoms with Crippen molar-refractivity contribution in [3.63, 3.8) is 0 Å². The van der Waals surface area contributed by atoms with Crippen LogP contribution in [0.2, 0.25) is 5.02 Å². The van der Waals surface area contributed by atoms with Crippen molar-refractivity contribution < 1.29 is 23.1 Å². The molecule has 0 aromatic heterocycles. The summed E-state index contributed by atoms with van der Waals surface area (Å²) >= 11 is 7.38. The van der Waals surface area contributed by atoms with Gasteiger partial charge in [-0.15, -0.1) is 11.8 Å². The van der Waals surface area contributed by atoms with E-state index in [1.165, 1.54) is 0 Å². The first-order valence-corrected chi connectivity index (χ1v) is 9.09. The maximum absolute atomic E-state index is 13.4. The molecule has 138 valence electrons. The highest BCUT2D eigenvalue weighted by molar-refractivity contribution is 7.99. The quantitative estimate of drug-likeness (QED) is 0.398. The molecule has 0 aliphatic heterocycles. The van der Waals surface area contributed by atoms with Crippen LogP contribution in [0.1, 0.15) is 12.8 Å². The molecule has 26 heavy (non-hydrogen) atoms. The Labute approximate surface area is 158 Å². The molecule has 0 unspecified atom stereocenters. The van der Waals surface area contributed by atoms with Crippen LogP contribution in [0.5, 0.6) is 0 Å². The molecule has 0 heterocycles. The largest absolute Gasteiger partial charge is 0.456 e. The van der Waals surface area contributed by atoms with Crippen molar-refractivity contribution in [1.29, 1.82) is 0 Å². The average molecular weight is 400 g/mol. The van der Waals surface area contributed by atoms with E-state index in [2.05, 4.69) is 5.32 Å². The first-order valence-electron chi connectivity index (χ1n) is 7.73. The first-order chi connectivity index (χ1) is 12.4. The van der Waals surface area contributed by atoms with E-state index in [1.807, 2.05) is 12.1 Å². The average Bonchev–Trinajstić information content (AvgIpc) is 2.61. The molecule has 1 amide bonds. The number of carbonyl (C=O) groups excluding carboxylic acids is 2. The van der Waals surface area contributed by atoms with Gasteiger partial charge in [-0.05, 0) is 48.6 Å². The van der Waals surface area contributed by atoms with Crippen LogP contribution in [0.15, 0.2) is 47.4 Å². The summed E-state index contributed by atoms with van der Waals surface area (Å²) < 4.78 is 31.2. The third-order valence-corrected chi connectivity index (χ3v) is 4.52. The van der Waals surface area contributed by atoms with Crippen molar-refractivity contribution >= 4 is 40.9 Å². The summed E-state index contributed by atoms with van der Waals surface area (Å²) in [5.41, 5.74) is -0.301. The Morgan fingerprint density at radius 1 is 1.12 bits per heavy atom. The van der Waals surface area contributed by atoms with Crippen LogP contribution in [0.4, 0.5) is 14.5 Å². The zero-order chi connectivity index (χ0) is 18.9. The van der Waals surface area contributed by atoms with Gasteiger partial charge in [0.1, 0.15) is 11.6 Å². The number of halogens is 3. The van der Waals surface area contributed by atoms with E-state index in [4.69, 9.17) is 16.3 Å². The molecular weight excluding hydrogens is 384 g/mol. The highest BCUT2D eigenvalue weighted by Crippen LogP contribution is 2.21. The predicted octanol–water partition coefficient (Wildman–Crippen LogP) is 4.67. The van der Waals surface area contributed by atoms with Crippen molar-refractivity contribution in [2.75, 3.05) is 17.7 Å². The van der Waals surface area contributed by atoms with Crippen LogP contribution in [0, 0.1) is 11.6 Å². The number of carbonyl (C=O) groups is 2. The molecule has 0 atom stereocenters. The van der Waals surface area contributed by atoms with Gasteiger partial charge in [0, 0.05) is 22.4 Å². The van der Waals surface area contributed by atoms with Gasteiger partial charge in [0.25, 0.3) is 5.91 Å². The Kier molecular flexibility index (Phi) is 7.87. The fourth-order valence-corrected chi connectivity index (χ4v) is 2.91. The minimum Gasteiger partial charge on any atom is -0.456 e. The number of rotatable bonds is 8. The van der Waals surface area contributed by atoms with Crippen LogP contribution in [-0.4, -0.2) is 24.2 Å². The second kappa shape index (κ2) is 10.1. The number of anilines is 1. The molecular formula is C18H16ClF2NO3S. The van der Waals surface area contributed by atoms with Gasteiger partial charge < -0.3 is 10.1 Å². The zero-order valence-electron chi connectivity index (χ0n) is 13.6. The highest BCUT2D eigenvalue weighted by atomic mass is 35.5. The second-order valence-corrected chi connectivity index (χ2v) is 6.84. The van der Waals surface area contributed by atoms with E-state index < -0.39 is 30.1 Å². The van der Waals surface area contributed by atoms with Crippen LogP contribution < -0.4 is 5.32 Å². The van der Waals surface area contributed by atoms with Crippen LogP contribution in [0.3, 0.4) is 0 Å². The van der Waals surface area contributed by atoms with Crippen molar-refractivity contribution in [3.05, 3.63) is 59.1 Å². The summed E-state index contributed by atoms with van der Waals surface area (Å²) in [4.78, 5) is 24.3. The van der Waals surface area contributed by atoms with Gasteiger partial charge >= 0.3 is 5.97 Å². The lowest BCUT2D eigenvalue weighted by Crippen LogP contribution is -2.21. The number of hydrogen-bond acceptors (Lipinski definition) is 4. The van der Waals surface area contributed by atoms with Gasteiger partial charge in [-0.25, -0.2) is 8.78 Å². The summed E-state index contributed by atoms with van der Waals surface area (Å²) in [6.07, 6.45) is 0.731. The first kappa shape index (κ1) is 20.2. The molecule has 4 nitrogen and oxygen atoms in total. The molecule has 2 aromatic rings. The molecule has 0 spiro atoms. The Morgan fingerprint density at radius 3 is 2.58 bits per heavy atom. The minimum absolute atomic E-state index is 0.155. The van der Waals surface area contributed by atoms with Gasteiger partial charge in [0.15, 0.2) is 6.61 Å². The van der Waals surface area contributed by atoms with Gasteiger partial charge in [-0.3, -0.25) is 9.59 Å². The third kappa shape index (κ3) is 7.01. The molecule has 0 saturated carbocycles. The normalized spacial score (nSPS) is 10.4. The molecule has 0 saturated heterocycles. The van der Waals surface area contributed by atoms with Crippen molar-refractivity contribution in [3.8, 4) is 0 Å². The molecule has 2 aromatic carbocycles. The molecule has 8 heteroatoms. The number of ether oxygens (including phenoxy) is 1. The van der Waals surface area contributed by atoms with Crippen LogP contribution in [-0.2, 0) is 14.3 Å². The SMILES string of the molecule is O=C(COC(=O)CCCSc1ccc(Cl)cc1)Nc1cc(F)ccc1F. The maximum atomic E-state index is 13.4. The number of hydrogen-bond donors (Lipinski definition) is 1. The number of amides is 1. The van der Waals surface area contributed by atoms with E-state index >= 15 is 0 Å². The maximum Gasteiger partial charge on any atom is 0.306 e.